The Bertz CT molecular complexity index is 3090. The number of aliphatic imine (C=N–C) groups is 2. The third-order valence-corrected chi connectivity index (χ3v) is 12.8. The fraction of sp³-hybridized carbons (Fsp3) is 0.214. The first-order valence-corrected chi connectivity index (χ1v) is 22.3. The number of hydrogen-bond donors (Lipinski definition) is 2. The minimum atomic E-state index is -0.963. The largest absolute Gasteiger partial charge is 0.478 e. The van der Waals surface area contributed by atoms with Gasteiger partial charge in [0.2, 0.25) is 5.91 Å². The second-order valence-corrected chi connectivity index (χ2v) is 18.6. The van der Waals surface area contributed by atoms with Crippen LogP contribution in [0.2, 0.25) is 0 Å². The van der Waals surface area contributed by atoms with Crippen molar-refractivity contribution in [2.45, 2.75) is 51.6 Å². The number of aromatic nitrogens is 2. The summed E-state index contributed by atoms with van der Waals surface area (Å²) in [6.45, 7) is 10.7. The molecule has 4 heterocycles. The zero-order chi connectivity index (χ0) is 48.1. The third kappa shape index (κ3) is 8.30. The molecule has 8 aromatic rings. The zero-order valence-corrected chi connectivity index (χ0v) is 38.7. The lowest BCUT2D eigenvalue weighted by Crippen LogP contribution is -2.27. The smallest absolute Gasteiger partial charge is 0.335 e. The average molecular weight is 912 g/mol. The van der Waals surface area contributed by atoms with E-state index in [1.807, 2.05) is 36.7 Å². The van der Waals surface area contributed by atoms with Gasteiger partial charge in [-0.05, 0) is 130 Å². The number of benzene rings is 6. The summed E-state index contributed by atoms with van der Waals surface area (Å²) in [6, 6.07) is 36.0. The van der Waals surface area contributed by atoms with Crippen LogP contribution >= 0.6 is 0 Å². The van der Waals surface area contributed by atoms with Crippen LogP contribution in [0.5, 0.6) is 0 Å². The molecule has 0 bridgehead atoms. The molecular weight excluding hydrogens is 861 g/mol. The maximum atomic E-state index is 13.8. The van der Waals surface area contributed by atoms with Gasteiger partial charge in [-0.15, -0.1) is 0 Å². The van der Waals surface area contributed by atoms with Gasteiger partial charge >= 0.3 is 5.97 Å². The molecule has 0 unspecified atom stereocenters. The molecule has 10 nitrogen and oxygen atoms in total. The number of nitrogens with zero attached hydrogens (tertiary/aromatic N) is 4. The van der Waals surface area contributed by atoms with Crippen LogP contribution in [0.4, 0.5) is 8.78 Å². The number of carbonyl (C=O) groups is 2. The number of carboxylic acids is 1. The van der Waals surface area contributed by atoms with E-state index in [0.29, 0.717) is 31.9 Å². The summed E-state index contributed by atoms with van der Waals surface area (Å²) >= 11 is 0. The van der Waals surface area contributed by atoms with E-state index in [0.717, 1.165) is 89.1 Å². The van der Waals surface area contributed by atoms with E-state index >= 15 is 0 Å². The van der Waals surface area contributed by atoms with Crippen molar-refractivity contribution in [2.24, 2.45) is 15.7 Å². The predicted molar refractivity (Wildman–Crippen MR) is 265 cm³/mol. The van der Waals surface area contributed by atoms with Gasteiger partial charge in [-0.3, -0.25) is 14.8 Å². The van der Waals surface area contributed by atoms with Gasteiger partial charge in [0.1, 0.15) is 11.6 Å². The Morgan fingerprint density at radius 2 is 0.985 bits per heavy atom. The van der Waals surface area contributed by atoms with Gasteiger partial charge in [-0.25, -0.2) is 13.6 Å². The van der Waals surface area contributed by atoms with Gasteiger partial charge in [-0.1, -0.05) is 52.0 Å². The molecule has 6 aromatic carbocycles. The fourth-order valence-electron chi connectivity index (χ4n) is 9.81. The molecule has 344 valence electrons. The Hall–Kier alpha value is -7.54. The van der Waals surface area contributed by atoms with E-state index in [1.54, 1.807) is 62.8 Å². The first-order chi connectivity index (χ1) is 32.6. The van der Waals surface area contributed by atoms with Gasteiger partial charge in [0.25, 0.3) is 0 Å². The molecule has 0 aliphatic carbocycles. The van der Waals surface area contributed by atoms with Crippen LogP contribution in [0.15, 0.2) is 131 Å². The van der Waals surface area contributed by atoms with Crippen LogP contribution in [0.1, 0.15) is 82.1 Å². The van der Waals surface area contributed by atoms with Crippen molar-refractivity contribution in [3.05, 3.63) is 178 Å². The van der Waals surface area contributed by atoms with Crippen LogP contribution in [-0.2, 0) is 33.4 Å². The van der Waals surface area contributed by atoms with E-state index in [1.165, 1.54) is 24.3 Å². The number of ether oxygens (including phenoxy) is 2. The minimum Gasteiger partial charge on any atom is -0.478 e. The van der Waals surface area contributed by atoms with Gasteiger partial charge in [0.15, 0.2) is 0 Å². The number of methoxy groups -OCH3 is 2. The van der Waals surface area contributed by atoms with E-state index in [-0.39, 0.29) is 17.2 Å². The highest BCUT2D eigenvalue weighted by atomic mass is 19.1. The lowest BCUT2D eigenvalue weighted by molar-refractivity contribution is 0.0696. The summed E-state index contributed by atoms with van der Waals surface area (Å²) in [5, 5.41) is 11.5. The monoisotopic (exact) mass is 911 g/mol. The molecule has 0 saturated carbocycles. The second kappa shape index (κ2) is 17.9. The molecule has 2 aromatic heterocycles. The average Bonchev–Trinajstić information content (AvgIpc) is 4.12. The lowest BCUT2D eigenvalue weighted by atomic mass is 9.84. The highest BCUT2D eigenvalue weighted by molar-refractivity contribution is 6.05. The summed E-state index contributed by atoms with van der Waals surface area (Å²) in [5.41, 5.74) is 19.5. The second-order valence-electron chi connectivity index (χ2n) is 18.6. The number of carbonyl (C=O) groups excluding carboxylic acids is 1. The highest BCUT2D eigenvalue weighted by Gasteiger charge is 2.34. The number of hydrogen-bond acceptors (Lipinski definition) is 6. The summed E-state index contributed by atoms with van der Waals surface area (Å²) in [5.74, 6) is -2.01. The van der Waals surface area contributed by atoms with E-state index in [4.69, 9.17) is 15.2 Å². The normalized spacial score (nSPS) is 12.9. The van der Waals surface area contributed by atoms with E-state index in [2.05, 4.69) is 71.1 Å². The molecule has 12 heteroatoms. The highest BCUT2D eigenvalue weighted by Crippen LogP contribution is 2.46. The zero-order valence-electron chi connectivity index (χ0n) is 38.7. The Balaban J connectivity index is 0.000000170. The molecule has 3 N–H and O–H groups in total. The van der Waals surface area contributed by atoms with Crippen molar-refractivity contribution in [1.82, 2.24) is 9.13 Å². The predicted octanol–water partition coefficient (Wildman–Crippen LogP) is 11.4. The molecule has 2 aliphatic heterocycles. The standard InChI is InChI=1S/C28H26FN3O2.C28H25FN2O3/c1-28(2,16-34-3)26-25(17-4-6-18(7-5-17)27(30)33)23-12-19-14-31-15-20(19)13-24(23)32(26)22-10-8-21(29)9-11-22;1-28(2,16-34-3)26-25(17-4-6-18(7-5-17)27(32)33)23-12-19-14-30-15-20(19)13-24(23)31(26)22-10-8-21(29)9-11-22/h4-13,15H,14,16H2,1-3H3,(H2,30,33);4-13,15H,14,16H2,1-3H3,(H,32,33). The molecular formula is C56H51F2N5O5. The molecule has 0 atom stereocenters. The Kier molecular flexibility index (Phi) is 12.0. The summed E-state index contributed by atoms with van der Waals surface area (Å²) in [7, 11) is 3.37. The molecule has 10 rings (SSSR count). The van der Waals surface area contributed by atoms with Crippen LogP contribution in [0, 0.1) is 11.6 Å². The van der Waals surface area contributed by atoms with Crippen LogP contribution in [0.25, 0.3) is 55.4 Å². The maximum Gasteiger partial charge on any atom is 0.335 e. The summed E-state index contributed by atoms with van der Waals surface area (Å²) < 4.78 is 43.3. The van der Waals surface area contributed by atoms with Crippen molar-refractivity contribution < 1.29 is 33.0 Å². The van der Waals surface area contributed by atoms with Gasteiger partial charge in [0.05, 0.1) is 42.9 Å². The maximum absolute atomic E-state index is 13.8. The molecule has 0 spiro atoms. The number of carboxylic acid groups (broad SMARTS) is 1. The molecule has 0 fully saturated rings. The topological polar surface area (TPSA) is 133 Å². The Morgan fingerprint density at radius 1 is 0.603 bits per heavy atom. The van der Waals surface area contributed by atoms with Crippen molar-refractivity contribution >= 4 is 46.1 Å². The molecule has 68 heavy (non-hydrogen) atoms. The Labute approximate surface area is 393 Å². The molecule has 1 amide bonds. The summed E-state index contributed by atoms with van der Waals surface area (Å²) in [4.78, 5) is 32.0. The number of fused-ring (bicyclic) bond motifs is 4. The first-order valence-electron chi connectivity index (χ1n) is 22.3. The van der Waals surface area contributed by atoms with Crippen LogP contribution in [-0.4, -0.2) is 66.0 Å². The fourth-order valence-corrected chi connectivity index (χ4v) is 9.81. The quantitative estimate of drug-likeness (QED) is 0.126. The van der Waals surface area contributed by atoms with Crippen molar-refractivity contribution in [3.8, 4) is 33.6 Å². The Morgan fingerprint density at radius 3 is 1.34 bits per heavy atom. The van der Waals surface area contributed by atoms with E-state index < -0.39 is 22.7 Å². The van der Waals surface area contributed by atoms with Crippen molar-refractivity contribution in [2.75, 3.05) is 27.4 Å². The first kappa shape index (κ1) is 45.6. The van der Waals surface area contributed by atoms with Gasteiger partial charge in [-0.2, -0.15) is 0 Å². The number of halogens is 2. The van der Waals surface area contributed by atoms with Gasteiger partial charge in [0, 0.05) is 87.7 Å². The molecule has 2 aliphatic rings. The third-order valence-electron chi connectivity index (χ3n) is 12.8. The van der Waals surface area contributed by atoms with Crippen LogP contribution < -0.4 is 5.73 Å². The van der Waals surface area contributed by atoms with E-state index in [9.17, 15) is 23.5 Å². The molecule has 0 radical (unpaired) electrons. The van der Waals surface area contributed by atoms with Crippen LogP contribution in [0.3, 0.4) is 0 Å². The number of nitrogens with two attached hydrogens (primary N) is 1. The number of aromatic carboxylic acids is 1. The number of amides is 1. The lowest BCUT2D eigenvalue weighted by Gasteiger charge is -2.28. The van der Waals surface area contributed by atoms with Crippen molar-refractivity contribution in [1.29, 1.82) is 0 Å². The number of primary amides is 1. The number of rotatable bonds is 12. The summed E-state index contributed by atoms with van der Waals surface area (Å²) in [6.07, 6.45) is 3.79. The molecule has 0 saturated heterocycles. The van der Waals surface area contributed by atoms with Crippen molar-refractivity contribution in [3.63, 3.8) is 0 Å². The minimum absolute atomic E-state index is 0.234. The van der Waals surface area contributed by atoms with Gasteiger partial charge < -0.3 is 29.4 Å². The SMILES string of the molecule is COCC(C)(C)c1c(-c2ccc(C(=O)O)cc2)c2cc3c(cc2n1-c1ccc(F)cc1)C=NC3.COCC(C)(C)c1c(-c2ccc(C(N)=O)cc2)c2cc3c(cc2n1-c1ccc(F)cc1)C=NC3.